The van der Waals surface area contributed by atoms with Crippen molar-refractivity contribution in [1.82, 2.24) is 0 Å². The Labute approximate surface area is 196 Å². The van der Waals surface area contributed by atoms with E-state index in [1.54, 1.807) is 0 Å². The van der Waals surface area contributed by atoms with Crippen LogP contribution in [0.3, 0.4) is 0 Å². The van der Waals surface area contributed by atoms with Crippen LogP contribution in [0.25, 0.3) is 0 Å². The van der Waals surface area contributed by atoms with Gasteiger partial charge in [-0.15, -0.1) is 0 Å². The first kappa shape index (κ1) is 37.9. The molecule has 32 heavy (non-hydrogen) atoms. The molecule has 0 N–H and O–H groups in total. The van der Waals surface area contributed by atoms with Crippen LogP contribution >= 0.6 is 7.82 Å². The van der Waals surface area contributed by atoms with E-state index in [2.05, 4.69) is 83.2 Å². The molecule has 0 rings (SSSR count). The summed E-state index contributed by atoms with van der Waals surface area (Å²) in [5, 5.41) is 0. The van der Waals surface area contributed by atoms with Crippen LogP contribution in [-0.4, -0.2) is 116 Å². The molecule has 0 aromatic carbocycles. The summed E-state index contributed by atoms with van der Waals surface area (Å²) in [5.41, 5.74) is 0. The Bertz CT molecular complexity index is 440. The summed E-state index contributed by atoms with van der Waals surface area (Å²) < 4.78 is 26.2. The second-order valence-corrected chi connectivity index (χ2v) is 10.5. The smallest absolute Gasteiger partial charge is 0.136 e. The van der Waals surface area contributed by atoms with Gasteiger partial charge in [-0.2, -0.15) is 7.82 Å². The molecule has 0 aliphatic carbocycles. The van der Waals surface area contributed by atoms with Crippen molar-refractivity contribution in [3.63, 3.8) is 0 Å². The Morgan fingerprint density at radius 1 is 0.594 bits per heavy atom. The number of rotatable bonds is 12. The predicted octanol–water partition coefficient (Wildman–Crippen LogP) is -0.266. The minimum absolute atomic E-state index is 0.757. The molecule has 0 heterocycles. The fourth-order valence-corrected chi connectivity index (χ4v) is 1.23. The van der Waals surface area contributed by atoms with Gasteiger partial charge in [-0.05, 0) is 0 Å². The summed E-state index contributed by atoms with van der Waals surface area (Å²) in [6.07, 6.45) is 4.45. The van der Waals surface area contributed by atoms with Crippen LogP contribution < -0.4 is 14.7 Å². The number of phosphoric acid groups is 1. The van der Waals surface area contributed by atoms with Gasteiger partial charge in [0, 0.05) is 0 Å². The summed E-state index contributed by atoms with van der Waals surface area (Å²) in [5.74, 6) is 0. The van der Waals surface area contributed by atoms with Crippen molar-refractivity contribution in [3.8, 4) is 0 Å². The molecule has 0 atom stereocenters. The fraction of sp³-hybridized carbons (Fsp3) is 0.714. The average Bonchev–Trinajstić information content (AvgIpc) is 2.52. The second-order valence-electron chi connectivity index (χ2n) is 9.60. The SMILES string of the molecule is C=COCC[N+](C)(C)C.C=COCC[N+](C)(C)C.C=COCC[N+](C)(C)C.O=P([O-])([O-])[O-]. The standard InChI is InChI=1S/3C7H16NO.H3O4P/c3*1-5-9-7-6-8(2,3)4;1-5(2,3)4/h3*5H,1,6-7H2,2-4H3;(H3,1,2,3,4)/q3*+1;/p-3. The van der Waals surface area contributed by atoms with Crippen molar-refractivity contribution in [2.75, 3.05) is 103 Å². The quantitative estimate of drug-likeness (QED) is 0.162. The van der Waals surface area contributed by atoms with Gasteiger partial charge in [-0.25, -0.2) is 0 Å². The highest BCUT2D eigenvalue weighted by Crippen LogP contribution is 2.03. The lowest BCUT2D eigenvalue weighted by Gasteiger charge is -2.36. The summed E-state index contributed by atoms with van der Waals surface area (Å²) in [6.45, 7) is 15.7. The van der Waals surface area contributed by atoms with E-state index in [-0.39, 0.29) is 0 Å². The van der Waals surface area contributed by atoms with Crippen LogP contribution in [0.1, 0.15) is 0 Å². The molecule has 0 spiro atoms. The van der Waals surface area contributed by atoms with E-state index in [0.717, 1.165) is 52.9 Å². The molecular formula is C21H48N3O7P. The zero-order valence-corrected chi connectivity index (χ0v) is 22.6. The van der Waals surface area contributed by atoms with Crippen LogP contribution in [0.4, 0.5) is 0 Å². The van der Waals surface area contributed by atoms with Crippen molar-refractivity contribution < 1.29 is 46.9 Å². The van der Waals surface area contributed by atoms with Gasteiger partial charge in [0.1, 0.15) is 39.5 Å². The Kier molecular flexibility index (Phi) is 24.0. The highest BCUT2D eigenvalue weighted by atomic mass is 31.2. The van der Waals surface area contributed by atoms with E-state index in [0.29, 0.717) is 0 Å². The molecule has 194 valence electrons. The number of likely N-dealkylation sites (N-methyl/N-ethyl adjacent to an activating group) is 3. The number of quaternary nitrogens is 3. The lowest BCUT2D eigenvalue weighted by Crippen LogP contribution is -2.37. The maximum Gasteiger partial charge on any atom is 0.136 e. The molecule has 10 nitrogen and oxygen atoms in total. The van der Waals surface area contributed by atoms with E-state index >= 15 is 0 Å². The molecule has 11 heteroatoms. The molecular weight excluding hydrogens is 437 g/mol. The molecule has 0 saturated heterocycles. The lowest BCUT2D eigenvalue weighted by molar-refractivity contribution is -0.870. The molecule has 0 aliphatic rings. The van der Waals surface area contributed by atoms with Crippen LogP contribution in [0, 0.1) is 0 Å². The third-order valence-electron chi connectivity index (χ3n) is 2.99. The number of nitrogens with zero attached hydrogens (tertiary/aromatic N) is 3. The minimum Gasteiger partial charge on any atom is -0.822 e. The monoisotopic (exact) mass is 485 g/mol. The highest BCUT2D eigenvalue weighted by molar-refractivity contribution is 7.40. The fourth-order valence-electron chi connectivity index (χ4n) is 1.23. The largest absolute Gasteiger partial charge is 0.822 e. The third kappa shape index (κ3) is 79.1. The Morgan fingerprint density at radius 3 is 0.844 bits per heavy atom. The first-order chi connectivity index (χ1) is 14.2. The minimum atomic E-state index is -5.39. The van der Waals surface area contributed by atoms with E-state index in [9.17, 15) is 0 Å². The van der Waals surface area contributed by atoms with Gasteiger partial charge in [0.2, 0.25) is 0 Å². The van der Waals surface area contributed by atoms with Crippen LogP contribution in [-0.2, 0) is 18.8 Å². The summed E-state index contributed by atoms with van der Waals surface area (Å²) in [6, 6.07) is 0. The molecule has 0 unspecified atom stereocenters. The zero-order valence-electron chi connectivity index (χ0n) is 21.7. The molecule has 0 aromatic rings. The Hall–Kier alpha value is -1.39. The third-order valence-corrected chi connectivity index (χ3v) is 2.99. The molecule has 0 fully saturated rings. The van der Waals surface area contributed by atoms with E-state index in [1.165, 1.54) is 18.8 Å². The van der Waals surface area contributed by atoms with Crippen LogP contribution in [0.5, 0.6) is 0 Å². The van der Waals surface area contributed by atoms with Gasteiger partial charge in [0.25, 0.3) is 0 Å². The maximum absolute atomic E-state index is 8.55. The molecule has 0 radical (unpaired) electrons. The van der Waals surface area contributed by atoms with E-state index in [4.69, 9.17) is 33.5 Å². The van der Waals surface area contributed by atoms with Crippen LogP contribution in [0.2, 0.25) is 0 Å². The number of hydrogen-bond donors (Lipinski definition) is 0. The average molecular weight is 486 g/mol. The predicted molar refractivity (Wildman–Crippen MR) is 125 cm³/mol. The molecule has 0 bridgehead atoms. The van der Waals surface area contributed by atoms with Crippen molar-refractivity contribution in [2.45, 2.75) is 0 Å². The van der Waals surface area contributed by atoms with Crippen molar-refractivity contribution in [2.24, 2.45) is 0 Å². The first-order valence-electron chi connectivity index (χ1n) is 10.0. The van der Waals surface area contributed by atoms with Gasteiger partial charge in [-0.3, -0.25) is 0 Å². The summed E-state index contributed by atoms with van der Waals surface area (Å²) in [4.78, 5) is 25.6. The van der Waals surface area contributed by atoms with E-state index in [1.807, 2.05) is 0 Å². The zero-order chi connectivity index (χ0) is 26.5. The lowest BCUT2D eigenvalue weighted by atomic mass is 10.5. The van der Waals surface area contributed by atoms with Crippen molar-refractivity contribution >= 4 is 7.82 Å². The van der Waals surface area contributed by atoms with Gasteiger partial charge in [0.15, 0.2) is 0 Å². The Balaban J connectivity index is -0.000000167. The number of ether oxygens (including phenoxy) is 3. The van der Waals surface area contributed by atoms with Crippen molar-refractivity contribution in [3.05, 3.63) is 38.5 Å². The van der Waals surface area contributed by atoms with Gasteiger partial charge >= 0.3 is 0 Å². The van der Waals surface area contributed by atoms with Gasteiger partial charge < -0.3 is 46.9 Å². The number of hydrogen-bond acceptors (Lipinski definition) is 7. The molecule has 0 amide bonds. The maximum atomic E-state index is 8.55. The first-order valence-corrected chi connectivity index (χ1v) is 11.5. The molecule has 0 saturated carbocycles. The van der Waals surface area contributed by atoms with Gasteiger partial charge in [0.05, 0.1) is 82.2 Å². The van der Waals surface area contributed by atoms with Gasteiger partial charge in [-0.1, -0.05) is 19.7 Å². The van der Waals surface area contributed by atoms with Crippen molar-refractivity contribution in [1.29, 1.82) is 0 Å². The Morgan fingerprint density at radius 2 is 0.750 bits per heavy atom. The normalized spacial score (nSPS) is 11.1. The summed E-state index contributed by atoms with van der Waals surface area (Å²) >= 11 is 0. The topological polar surface area (TPSA) is 114 Å². The summed E-state index contributed by atoms with van der Waals surface area (Å²) in [7, 11) is 13.8. The highest BCUT2D eigenvalue weighted by Gasteiger charge is 2.05. The van der Waals surface area contributed by atoms with E-state index < -0.39 is 7.82 Å². The van der Waals surface area contributed by atoms with Crippen LogP contribution in [0.15, 0.2) is 38.5 Å². The molecule has 0 aliphatic heterocycles. The molecule has 0 aromatic heterocycles. The second kappa shape index (κ2) is 20.2.